The van der Waals surface area contributed by atoms with Gasteiger partial charge >= 0.3 is 0 Å². The van der Waals surface area contributed by atoms with E-state index in [1.807, 2.05) is 40.0 Å². The van der Waals surface area contributed by atoms with Crippen LogP contribution in [0.25, 0.3) is 44.6 Å². The summed E-state index contributed by atoms with van der Waals surface area (Å²) in [7, 11) is 0. The molecule has 0 spiro atoms. The molecule has 0 fully saturated rings. The second-order valence-electron chi connectivity index (χ2n) is 14.2. The van der Waals surface area contributed by atoms with E-state index in [-0.39, 0.29) is 43.5 Å². The normalized spacial score (nSPS) is 14.2. The summed E-state index contributed by atoms with van der Waals surface area (Å²) in [6.07, 6.45) is 6.73. The first-order valence-electron chi connectivity index (χ1n) is 18.5. The van der Waals surface area contributed by atoms with Gasteiger partial charge < -0.3 is 9.52 Å². The molecule has 0 saturated carbocycles. The minimum absolute atomic E-state index is 0. The quantitative estimate of drug-likeness (QED) is 0.0864. The van der Waals surface area contributed by atoms with Gasteiger partial charge in [0, 0.05) is 66.3 Å². The Morgan fingerprint density at radius 2 is 1.66 bits per heavy atom. The molecule has 1 radical (unpaired) electrons. The van der Waals surface area contributed by atoms with Crippen molar-refractivity contribution in [1.29, 1.82) is 0 Å². The third kappa shape index (κ3) is 7.90. The summed E-state index contributed by atoms with van der Waals surface area (Å²) in [5, 5.41) is 13.1. The summed E-state index contributed by atoms with van der Waals surface area (Å²) >= 11 is 0. The van der Waals surface area contributed by atoms with Crippen LogP contribution in [0.4, 0.5) is 0 Å². The summed E-state index contributed by atoms with van der Waals surface area (Å²) in [5.41, 5.74) is 7.62. The molecular weight excluding hydrogens is 795 g/mol. The summed E-state index contributed by atoms with van der Waals surface area (Å²) in [6.45, 7) is 18.9. The van der Waals surface area contributed by atoms with Crippen molar-refractivity contribution in [2.45, 2.75) is 99.3 Å². The molecule has 0 aliphatic heterocycles. The van der Waals surface area contributed by atoms with Gasteiger partial charge in [0.1, 0.15) is 11.3 Å². The number of hydrogen-bond acceptors (Lipinski definition) is 4. The Morgan fingerprint density at radius 3 is 2.32 bits per heavy atom. The molecular formula is C45H52IrNO3-. The van der Waals surface area contributed by atoms with Crippen LogP contribution < -0.4 is 0 Å². The Balaban J connectivity index is 0.000000312. The van der Waals surface area contributed by atoms with Crippen LogP contribution in [0.2, 0.25) is 0 Å². The molecule has 265 valence electrons. The van der Waals surface area contributed by atoms with Gasteiger partial charge in [-0.3, -0.25) is 9.78 Å². The average molecular weight is 848 g/mol. The van der Waals surface area contributed by atoms with Gasteiger partial charge in [-0.2, -0.15) is 0 Å². The van der Waals surface area contributed by atoms with Crippen LogP contribution in [0, 0.1) is 24.8 Å². The fraction of sp³-hybridized carbons (Fsp3) is 0.378. The van der Waals surface area contributed by atoms with Gasteiger partial charge in [-0.05, 0) is 79.5 Å². The number of pyridine rings is 1. The smallest absolute Gasteiger partial charge is 0.162 e. The topological polar surface area (TPSA) is 63.3 Å². The molecule has 6 rings (SSSR count). The Bertz CT molecular complexity index is 2080. The monoisotopic (exact) mass is 848 g/mol. The van der Waals surface area contributed by atoms with Crippen LogP contribution in [0.5, 0.6) is 0 Å². The zero-order valence-corrected chi connectivity index (χ0v) is 33.4. The second kappa shape index (κ2) is 16.5. The van der Waals surface area contributed by atoms with Gasteiger partial charge in [-0.1, -0.05) is 96.7 Å². The van der Waals surface area contributed by atoms with Crippen LogP contribution in [0.15, 0.2) is 83.1 Å². The van der Waals surface area contributed by atoms with Crippen molar-refractivity contribution in [3.8, 4) is 11.3 Å². The summed E-state index contributed by atoms with van der Waals surface area (Å²) in [5.74, 6) is 1.68. The van der Waals surface area contributed by atoms with Gasteiger partial charge in [0.2, 0.25) is 0 Å². The number of fused-ring (bicyclic) bond motifs is 3. The van der Waals surface area contributed by atoms with Crippen molar-refractivity contribution in [2.24, 2.45) is 11.8 Å². The Labute approximate surface area is 313 Å². The second-order valence-corrected chi connectivity index (χ2v) is 14.2. The number of ketones is 1. The van der Waals surface area contributed by atoms with Crippen molar-refractivity contribution in [2.75, 3.05) is 0 Å². The first-order valence-corrected chi connectivity index (χ1v) is 18.0. The van der Waals surface area contributed by atoms with E-state index >= 15 is 0 Å². The largest absolute Gasteiger partial charge is 0.512 e. The number of aliphatic hydroxyl groups excluding tert-OH is 1. The van der Waals surface area contributed by atoms with Crippen molar-refractivity contribution < 1.29 is 35.8 Å². The number of benzene rings is 3. The van der Waals surface area contributed by atoms with Crippen molar-refractivity contribution >= 4 is 39.2 Å². The molecule has 1 aliphatic carbocycles. The number of furan rings is 1. The third-order valence-corrected chi connectivity index (χ3v) is 10.1. The van der Waals surface area contributed by atoms with E-state index in [9.17, 15) is 9.90 Å². The van der Waals surface area contributed by atoms with Gasteiger partial charge in [0.05, 0.1) is 7.13 Å². The number of carbonyl (C=O) groups is 1. The number of rotatable bonds is 10. The molecule has 1 aliphatic rings. The van der Waals surface area contributed by atoms with E-state index in [2.05, 4.69) is 95.3 Å². The number of aryl methyl sites for hydroxylation is 1. The molecule has 3 aromatic carbocycles. The number of allylic oxidation sites excluding steroid dienone is 3. The predicted molar refractivity (Wildman–Crippen MR) is 206 cm³/mol. The zero-order chi connectivity index (χ0) is 36.3. The van der Waals surface area contributed by atoms with Crippen LogP contribution >= 0.6 is 0 Å². The first-order chi connectivity index (χ1) is 23.9. The fourth-order valence-electron chi connectivity index (χ4n) is 7.09. The van der Waals surface area contributed by atoms with Crippen molar-refractivity contribution in [3.63, 3.8) is 0 Å². The number of aromatic nitrogens is 1. The van der Waals surface area contributed by atoms with Crippen LogP contribution in [-0.2, 0) is 30.3 Å². The molecule has 5 heteroatoms. The maximum atomic E-state index is 11.7. The standard InChI is InChI=1S/C32H28NO.C13H24O2.Ir/c1-19(2)26-16-24(15-21-8-6-7-9-25(21)26)31-30-23(12-13-33-31)17-27(32(30,4)5)29-18-22-11-10-20(3)14-28(22)34-29;1-5-10(6-2)12(14)9-13(15)11(7-3)8-4;/h6-14,16-19H,1-5H3;9-11,14H,5-8H2,1-4H3;/q-1;;/b;12-9-;/i17D;;. The molecule has 5 aromatic rings. The Morgan fingerprint density at radius 1 is 0.980 bits per heavy atom. The van der Waals surface area contributed by atoms with E-state index in [1.165, 1.54) is 17.0 Å². The molecule has 0 saturated heterocycles. The predicted octanol–water partition coefficient (Wildman–Crippen LogP) is 12.6. The van der Waals surface area contributed by atoms with E-state index in [0.29, 0.717) is 12.0 Å². The van der Waals surface area contributed by atoms with Crippen LogP contribution in [0.3, 0.4) is 0 Å². The molecule has 0 unspecified atom stereocenters. The molecule has 0 amide bonds. The molecule has 0 bridgehead atoms. The fourth-order valence-corrected chi connectivity index (χ4v) is 7.09. The maximum absolute atomic E-state index is 11.7. The van der Waals surface area contributed by atoms with E-state index in [4.69, 9.17) is 10.8 Å². The van der Waals surface area contributed by atoms with Crippen molar-refractivity contribution in [1.82, 2.24) is 4.98 Å². The first kappa shape index (κ1) is 37.5. The van der Waals surface area contributed by atoms with Gasteiger partial charge in [-0.15, -0.1) is 29.1 Å². The third-order valence-electron chi connectivity index (χ3n) is 10.1. The maximum Gasteiger partial charge on any atom is 0.162 e. The molecule has 2 heterocycles. The van der Waals surface area contributed by atoms with Gasteiger partial charge in [0.25, 0.3) is 0 Å². The molecule has 0 atom stereocenters. The zero-order valence-electron chi connectivity index (χ0n) is 32.0. The minimum Gasteiger partial charge on any atom is -0.512 e. The summed E-state index contributed by atoms with van der Waals surface area (Å²) < 4.78 is 15.5. The van der Waals surface area contributed by atoms with Gasteiger partial charge in [0.15, 0.2) is 5.78 Å². The SMILES string of the molecule is CCC(CC)C(=O)/C=C(\O)C(CC)CC.[2H]C1=C(c2cc3ccc(C)cc3o2)C(C)(C)c2c1ccnc2-c1[c-]c2ccccc2c(C(C)C)c1.[Ir]. The molecule has 1 N–H and O–H groups in total. The number of aliphatic hydroxyl groups is 1. The molecule has 4 nitrogen and oxygen atoms in total. The average Bonchev–Trinajstić information content (AvgIpc) is 3.59. The number of carbonyl (C=O) groups excluding carboxylic acids is 1. The Kier molecular flexibility index (Phi) is 12.4. The van der Waals surface area contributed by atoms with Gasteiger partial charge in [-0.25, -0.2) is 0 Å². The minimum atomic E-state index is -0.448. The van der Waals surface area contributed by atoms with Crippen LogP contribution in [-0.4, -0.2) is 15.9 Å². The Hall–Kier alpha value is -3.79. The summed E-state index contributed by atoms with van der Waals surface area (Å²) in [6, 6.07) is 25.1. The van der Waals surface area contributed by atoms with E-state index in [0.717, 1.165) is 81.3 Å². The van der Waals surface area contributed by atoms with E-state index < -0.39 is 5.41 Å². The summed E-state index contributed by atoms with van der Waals surface area (Å²) in [4.78, 5) is 16.6. The number of hydrogen-bond donors (Lipinski definition) is 1. The van der Waals surface area contributed by atoms with Crippen molar-refractivity contribution in [3.05, 3.63) is 113 Å². The molecule has 50 heavy (non-hydrogen) atoms. The van der Waals surface area contributed by atoms with E-state index in [1.54, 1.807) is 0 Å². The number of nitrogens with zero attached hydrogens (tertiary/aromatic N) is 1. The molecule has 2 aromatic heterocycles. The van der Waals surface area contributed by atoms with Crippen LogP contribution in [0.1, 0.15) is 116 Å².